The number of para-hydroxylation sites is 1. The summed E-state index contributed by atoms with van der Waals surface area (Å²) in [6.07, 6.45) is -7.54. The molecule has 258 valence electrons. The second kappa shape index (κ2) is 14.7. The van der Waals surface area contributed by atoms with E-state index in [1.165, 1.54) is 43.9 Å². The van der Waals surface area contributed by atoms with E-state index in [4.69, 9.17) is 4.74 Å². The minimum Gasteiger partial charge on any atom is -0.491 e. The van der Waals surface area contributed by atoms with E-state index in [9.17, 15) is 65.5 Å². The largest absolute Gasteiger partial charge is 0.491 e. The SMILES string of the molecule is CCN(CC)CC.O=S(=O)(OCCOc1ccccc1)c1cccc(C(F)(F)C(F)(F)C(F)(F)C(F)(F)C(F)(F)C(F)(F)F)c1. The number of ether oxygens (including phenoxy) is 1. The number of rotatable bonds is 14. The van der Waals surface area contributed by atoms with Crippen molar-refractivity contribution < 1.29 is 74.4 Å². The number of hydrogen-bond acceptors (Lipinski definition) is 5. The van der Waals surface area contributed by atoms with Gasteiger partial charge in [-0.2, -0.15) is 65.5 Å². The van der Waals surface area contributed by atoms with Gasteiger partial charge in [0.1, 0.15) is 19.0 Å². The Kier molecular flexibility index (Phi) is 13.2. The van der Waals surface area contributed by atoms with Gasteiger partial charge in [-0.05, 0) is 43.9 Å². The zero-order chi connectivity index (χ0) is 35.1. The first-order valence-electron chi connectivity index (χ1n) is 12.7. The minimum atomic E-state index is -8.07. The number of nitrogens with zero attached hydrogens (tertiary/aromatic N) is 1. The fourth-order valence-electron chi connectivity index (χ4n) is 3.36. The van der Waals surface area contributed by atoms with E-state index in [2.05, 4.69) is 29.9 Å². The molecule has 0 bridgehead atoms. The standard InChI is InChI=1S/C20H13F13O4S.C6H15N/c21-15(22,16(23,24)17(25,26)18(27,28)19(29,30)20(31,32)33)12-5-4-8-14(11-12)38(34,35)37-10-9-36-13-6-2-1-3-7-13;1-4-7(5-2)6-3/h1-8,11H,9-10H2;4-6H2,1-3H3. The van der Waals surface area contributed by atoms with E-state index < -0.39 is 75.6 Å². The van der Waals surface area contributed by atoms with Gasteiger partial charge in [-0.25, -0.2) is 0 Å². The van der Waals surface area contributed by atoms with Gasteiger partial charge in [0.05, 0.1) is 4.90 Å². The maximum atomic E-state index is 14.4. The molecule has 0 aliphatic heterocycles. The number of halogens is 13. The molecule has 0 N–H and O–H groups in total. The molecule has 0 amide bonds. The van der Waals surface area contributed by atoms with Crippen molar-refractivity contribution in [2.24, 2.45) is 0 Å². The first-order valence-corrected chi connectivity index (χ1v) is 14.2. The van der Waals surface area contributed by atoms with Crippen molar-refractivity contribution in [2.45, 2.75) is 61.5 Å². The third-order valence-electron chi connectivity index (χ3n) is 6.09. The molecule has 0 saturated heterocycles. The summed E-state index contributed by atoms with van der Waals surface area (Å²) in [7, 11) is -5.11. The molecule has 0 aliphatic rings. The second-order valence-corrected chi connectivity index (χ2v) is 10.6. The van der Waals surface area contributed by atoms with Crippen LogP contribution in [-0.2, 0) is 20.2 Å². The maximum Gasteiger partial charge on any atom is 0.460 e. The molecule has 2 rings (SSSR count). The van der Waals surface area contributed by atoms with Gasteiger partial charge < -0.3 is 9.64 Å². The van der Waals surface area contributed by atoms with Gasteiger partial charge in [0.25, 0.3) is 10.1 Å². The lowest BCUT2D eigenvalue weighted by atomic mass is 9.90. The molecule has 2 aromatic carbocycles. The first-order chi connectivity index (χ1) is 20.4. The highest BCUT2D eigenvalue weighted by Gasteiger charge is 2.90. The normalized spacial score (nSPS) is 13.8. The molecular formula is C26H28F13NO4S. The maximum absolute atomic E-state index is 14.4. The molecule has 0 spiro atoms. The molecule has 19 heteroatoms. The van der Waals surface area contributed by atoms with E-state index >= 15 is 0 Å². The summed E-state index contributed by atoms with van der Waals surface area (Å²) < 4.78 is 207. The van der Waals surface area contributed by atoms with Crippen molar-refractivity contribution in [1.82, 2.24) is 4.90 Å². The van der Waals surface area contributed by atoms with Crippen LogP contribution in [0.3, 0.4) is 0 Å². The van der Waals surface area contributed by atoms with Gasteiger partial charge in [0, 0.05) is 5.56 Å². The summed E-state index contributed by atoms with van der Waals surface area (Å²) in [4.78, 5) is 0.973. The summed E-state index contributed by atoms with van der Waals surface area (Å²) in [6, 6.07) is 7.65. The van der Waals surface area contributed by atoms with Crippen LogP contribution in [0.5, 0.6) is 5.75 Å². The number of benzene rings is 2. The number of alkyl halides is 13. The summed E-state index contributed by atoms with van der Waals surface area (Å²) in [6.45, 7) is 8.86. The summed E-state index contributed by atoms with van der Waals surface area (Å²) in [5.41, 5.74) is -2.45. The first kappa shape index (κ1) is 40.2. The summed E-state index contributed by atoms with van der Waals surface area (Å²) in [5.74, 6) is -37.9. The molecule has 0 unspecified atom stereocenters. The van der Waals surface area contributed by atoms with Gasteiger partial charge in [-0.3, -0.25) is 4.18 Å². The van der Waals surface area contributed by atoms with Gasteiger partial charge in [-0.1, -0.05) is 51.1 Å². The lowest BCUT2D eigenvalue weighted by molar-refractivity contribution is -0.441. The Morgan fingerprint density at radius 2 is 1.11 bits per heavy atom. The fourth-order valence-corrected chi connectivity index (χ4v) is 4.30. The average Bonchev–Trinajstić information content (AvgIpc) is 2.96. The molecule has 0 fully saturated rings. The molecule has 45 heavy (non-hydrogen) atoms. The zero-order valence-electron chi connectivity index (χ0n) is 23.6. The van der Waals surface area contributed by atoms with Crippen molar-refractivity contribution in [2.75, 3.05) is 32.8 Å². The highest BCUT2D eigenvalue weighted by molar-refractivity contribution is 7.86. The third kappa shape index (κ3) is 8.52. The fraction of sp³-hybridized carbons (Fsp3) is 0.538. The van der Waals surface area contributed by atoms with Crippen LogP contribution in [0.2, 0.25) is 0 Å². The topological polar surface area (TPSA) is 55.8 Å². The van der Waals surface area contributed by atoms with Crippen LogP contribution in [0.1, 0.15) is 26.3 Å². The lowest BCUT2D eigenvalue weighted by Crippen LogP contribution is -2.69. The predicted molar refractivity (Wildman–Crippen MR) is 135 cm³/mol. The molecule has 0 atom stereocenters. The van der Waals surface area contributed by atoms with Crippen molar-refractivity contribution in [3.63, 3.8) is 0 Å². The Bertz CT molecular complexity index is 1310. The molecule has 0 saturated carbocycles. The van der Waals surface area contributed by atoms with Crippen molar-refractivity contribution in [3.05, 3.63) is 60.2 Å². The highest BCUT2D eigenvalue weighted by atomic mass is 32.2. The van der Waals surface area contributed by atoms with Gasteiger partial charge in [0.15, 0.2) is 0 Å². The minimum absolute atomic E-state index is 0.179. The van der Waals surface area contributed by atoms with Crippen LogP contribution in [0.25, 0.3) is 0 Å². The average molecular weight is 698 g/mol. The molecular weight excluding hydrogens is 669 g/mol. The van der Waals surface area contributed by atoms with E-state index in [-0.39, 0.29) is 17.9 Å². The van der Waals surface area contributed by atoms with Gasteiger partial charge in [0.2, 0.25) is 0 Å². The Morgan fingerprint density at radius 3 is 1.56 bits per heavy atom. The molecule has 0 aromatic heterocycles. The van der Waals surface area contributed by atoms with E-state index in [1.54, 1.807) is 6.07 Å². The molecule has 0 heterocycles. The zero-order valence-corrected chi connectivity index (χ0v) is 24.5. The van der Waals surface area contributed by atoms with Gasteiger partial charge >= 0.3 is 35.8 Å². The Balaban J connectivity index is 0.00000129. The monoisotopic (exact) mass is 697 g/mol. The van der Waals surface area contributed by atoms with Crippen LogP contribution in [0.15, 0.2) is 59.5 Å². The van der Waals surface area contributed by atoms with Crippen LogP contribution in [0, 0.1) is 0 Å². The van der Waals surface area contributed by atoms with Crippen LogP contribution < -0.4 is 4.74 Å². The lowest BCUT2D eigenvalue weighted by Gasteiger charge is -2.39. The van der Waals surface area contributed by atoms with E-state index in [0.717, 1.165) is 0 Å². The van der Waals surface area contributed by atoms with Crippen LogP contribution in [0.4, 0.5) is 57.1 Å². The number of hydrogen-bond donors (Lipinski definition) is 0. The van der Waals surface area contributed by atoms with Crippen LogP contribution >= 0.6 is 0 Å². The molecule has 0 aliphatic carbocycles. The predicted octanol–water partition coefficient (Wildman–Crippen LogP) is 8.01. The summed E-state index contributed by atoms with van der Waals surface area (Å²) >= 11 is 0. The van der Waals surface area contributed by atoms with Crippen LogP contribution in [-0.4, -0.2) is 76.0 Å². The quantitative estimate of drug-likeness (QED) is 0.114. The summed E-state index contributed by atoms with van der Waals surface area (Å²) in [5, 5.41) is 0. The molecule has 0 radical (unpaired) electrons. The van der Waals surface area contributed by atoms with Crippen molar-refractivity contribution >= 4 is 10.1 Å². The van der Waals surface area contributed by atoms with E-state index in [1.807, 2.05) is 0 Å². The highest BCUT2D eigenvalue weighted by Crippen LogP contribution is 2.62. The Hall–Kier alpha value is -2.80. The third-order valence-corrected chi connectivity index (χ3v) is 7.40. The smallest absolute Gasteiger partial charge is 0.460 e. The van der Waals surface area contributed by atoms with Gasteiger partial charge in [-0.15, -0.1) is 0 Å². The second-order valence-electron chi connectivity index (χ2n) is 8.95. The Morgan fingerprint density at radius 1 is 0.622 bits per heavy atom. The van der Waals surface area contributed by atoms with E-state index in [0.29, 0.717) is 6.07 Å². The molecule has 5 nitrogen and oxygen atoms in total. The van der Waals surface area contributed by atoms with Crippen molar-refractivity contribution in [1.29, 1.82) is 0 Å². The molecule has 2 aromatic rings. The Labute approximate surface area is 250 Å². The van der Waals surface area contributed by atoms with Crippen molar-refractivity contribution in [3.8, 4) is 5.75 Å².